The van der Waals surface area contributed by atoms with Gasteiger partial charge in [0.25, 0.3) is 0 Å². The number of nitrogens with zero attached hydrogens (tertiary/aromatic N) is 1. The molecule has 5 heteroatoms. The molecule has 0 bridgehead atoms. The molecule has 0 saturated carbocycles. The molecule has 0 spiro atoms. The summed E-state index contributed by atoms with van der Waals surface area (Å²) in [4.78, 5) is 26.0. The van der Waals surface area contributed by atoms with Crippen LogP contribution < -0.4 is 10.1 Å². The number of piperazine rings is 1. The van der Waals surface area contributed by atoms with Gasteiger partial charge >= 0.3 is 0 Å². The van der Waals surface area contributed by atoms with Crippen molar-refractivity contribution >= 4 is 17.9 Å². The molecule has 1 fully saturated rings. The zero-order valence-corrected chi connectivity index (χ0v) is 15.4. The summed E-state index contributed by atoms with van der Waals surface area (Å²) in [6.07, 6.45) is 3.89. The van der Waals surface area contributed by atoms with Gasteiger partial charge in [-0.2, -0.15) is 0 Å². The largest absolute Gasteiger partial charge is 0.489 e. The van der Waals surface area contributed by atoms with E-state index in [-0.39, 0.29) is 11.8 Å². The molecule has 1 unspecified atom stereocenters. The number of amides is 2. The van der Waals surface area contributed by atoms with Gasteiger partial charge in [-0.15, -0.1) is 0 Å². The maximum Gasteiger partial charge on any atom is 0.247 e. The van der Waals surface area contributed by atoms with Crippen LogP contribution in [-0.4, -0.2) is 35.8 Å². The first-order valence-electron chi connectivity index (χ1n) is 9.20. The number of hydrogen-bond donors (Lipinski definition) is 1. The molecule has 140 valence electrons. The van der Waals surface area contributed by atoms with E-state index < -0.39 is 6.04 Å². The molecular formula is C22H24N2O3. The minimum absolute atomic E-state index is 0.0817. The van der Waals surface area contributed by atoms with Gasteiger partial charge in [-0.3, -0.25) is 9.59 Å². The van der Waals surface area contributed by atoms with E-state index in [2.05, 4.69) is 5.32 Å². The molecule has 3 rings (SSSR count). The SMILES string of the molecule is CCC1C(=O)NCCN1C(=O)/C=C/c1cccc(OCc2ccccc2)c1. The van der Waals surface area contributed by atoms with Gasteiger partial charge in [0.1, 0.15) is 18.4 Å². The van der Waals surface area contributed by atoms with E-state index in [1.807, 2.05) is 61.5 Å². The van der Waals surface area contributed by atoms with Crippen molar-refractivity contribution in [2.24, 2.45) is 0 Å². The van der Waals surface area contributed by atoms with Crippen LogP contribution in [0.25, 0.3) is 6.08 Å². The van der Waals surface area contributed by atoms with Crippen molar-refractivity contribution in [3.8, 4) is 5.75 Å². The van der Waals surface area contributed by atoms with E-state index in [9.17, 15) is 9.59 Å². The molecule has 2 amide bonds. The molecule has 0 radical (unpaired) electrons. The Morgan fingerprint density at radius 1 is 1.22 bits per heavy atom. The second-order valence-corrected chi connectivity index (χ2v) is 6.43. The summed E-state index contributed by atoms with van der Waals surface area (Å²) in [7, 11) is 0. The smallest absolute Gasteiger partial charge is 0.247 e. The monoisotopic (exact) mass is 364 g/mol. The quantitative estimate of drug-likeness (QED) is 0.802. The van der Waals surface area contributed by atoms with Crippen LogP contribution in [0.2, 0.25) is 0 Å². The van der Waals surface area contributed by atoms with Gasteiger partial charge in [0.2, 0.25) is 11.8 Å². The van der Waals surface area contributed by atoms with Crippen molar-refractivity contribution in [3.05, 3.63) is 71.8 Å². The van der Waals surface area contributed by atoms with E-state index in [0.29, 0.717) is 26.1 Å². The van der Waals surface area contributed by atoms with Gasteiger partial charge in [0, 0.05) is 19.2 Å². The minimum atomic E-state index is -0.392. The van der Waals surface area contributed by atoms with Crippen LogP contribution in [0.5, 0.6) is 5.75 Å². The third-order valence-corrected chi connectivity index (χ3v) is 4.53. The predicted octanol–water partition coefficient (Wildman–Crippen LogP) is 3.02. The van der Waals surface area contributed by atoms with Gasteiger partial charge in [-0.25, -0.2) is 0 Å². The maximum absolute atomic E-state index is 12.5. The van der Waals surface area contributed by atoms with Crippen LogP contribution in [0.3, 0.4) is 0 Å². The third kappa shape index (κ3) is 4.97. The van der Waals surface area contributed by atoms with Gasteiger partial charge < -0.3 is 15.0 Å². The number of nitrogens with one attached hydrogen (secondary N) is 1. The van der Waals surface area contributed by atoms with E-state index in [0.717, 1.165) is 16.9 Å². The van der Waals surface area contributed by atoms with Crippen LogP contribution in [0, 0.1) is 0 Å². The third-order valence-electron chi connectivity index (χ3n) is 4.53. The minimum Gasteiger partial charge on any atom is -0.489 e. The summed E-state index contributed by atoms with van der Waals surface area (Å²) in [6.45, 7) is 3.44. The van der Waals surface area contributed by atoms with E-state index in [1.165, 1.54) is 6.08 Å². The molecule has 2 aromatic rings. The predicted molar refractivity (Wildman–Crippen MR) is 105 cm³/mol. The van der Waals surface area contributed by atoms with Crippen LogP contribution in [0.4, 0.5) is 0 Å². The molecular weight excluding hydrogens is 340 g/mol. The van der Waals surface area contributed by atoms with Crippen molar-refractivity contribution in [3.63, 3.8) is 0 Å². The molecule has 2 aromatic carbocycles. The highest BCUT2D eigenvalue weighted by Gasteiger charge is 2.30. The Labute approximate surface area is 159 Å². The van der Waals surface area contributed by atoms with Crippen LogP contribution in [0.15, 0.2) is 60.7 Å². The Kier molecular flexibility index (Phi) is 6.26. The molecule has 1 heterocycles. The standard InChI is InChI=1S/C22H24N2O3/c1-2-20-22(26)23-13-14-24(20)21(25)12-11-17-9-6-10-19(15-17)27-16-18-7-4-3-5-8-18/h3-12,15,20H,2,13-14,16H2,1H3,(H,23,26)/b12-11+. The zero-order valence-electron chi connectivity index (χ0n) is 15.4. The first-order valence-corrected chi connectivity index (χ1v) is 9.20. The van der Waals surface area contributed by atoms with Crippen molar-refractivity contribution in [1.29, 1.82) is 0 Å². The Hall–Kier alpha value is -3.08. The topological polar surface area (TPSA) is 58.6 Å². The van der Waals surface area contributed by atoms with E-state index in [4.69, 9.17) is 4.74 Å². The molecule has 1 saturated heterocycles. The summed E-state index contributed by atoms with van der Waals surface area (Å²) >= 11 is 0. The highest BCUT2D eigenvalue weighted by Crippen LogP contribution is 2.17. The number of ether oxygens (including phenoxy) is 1. The summed E-state index contributed by atoms with van der Waals surface area (Å²) in [6, 6.07) is 17.2. The Morgan fingerprint density at radius 3 is 2.81 bits per heavy atom. The maximum atomic E-state index is 12.5. The number of benzene rings is 2. The van der Waals surface area contributed by atoms with Crippen molar-refractivity contribution in [1.82, 2.24) is 10.2 Å². The lowest BCUT2D eigenvalue weighted by atomic mass is 10.1. The van der Waals surface area contributed by atoms with Crippen LogP contribution >= 0.6 is 0 Å². The lowest BCUT2D eigenvalue weighted by Gasteiger charge is -2.33. The summed E-state index contributed by atoms with van der Waals surface area (Å²) in [5.74, 6) is 0.520. The lowest BCUT2D eigenvalue weighted by Crippen LogP contribution is -2.56. The molecule has 0 aliphatic carbocycles. The lowest BCUT2D eigenvalue weighted by molar-refractivity contribution is -0.140. The molecule has 1 N–H and O–H groups in total. The fraction of sp³-hybridized carbons (Fsp3) is 0.273. The molecule has 1 atom stereocenters. The number of carbonyl (C=O) groups excluding carboxylic acids is 2. The average molecular weight is 364 g/mol. The summed E-state index contributed by atoms with van der Waals surface area (Å²) in [5.41, 5.74) is 1.98. The fourth-order valence-corrected chi connectivity index (χ4v) is 3.10. The summed E-state index contributed by atoms with van der Waals surface area (Å²) < 4.78 is 5.82. The number of carbonyl (C=O) groups is 2. The molecule has 27 heavy (non-hydrogen) atoms. The average Bonchev–Trinajstić information content (AvgIpc) is 2.71. The molecule has 1 aliphatic heterocycles. The number of rotatable bonds is 6. The van der Waals surface area contributed by atoms with Gasteiger partial charge in [0.15, 0.2) is 0 Å². The van der Waals surface area contributed by atoms with Crippen molar-refractivity contribution in [2.75, 3.05) is 13.1 Å². The van der Waals surface area contributed by atoms with Crippen LogP contribution in [-0.2, 0) is 16.2 Å². The second-order valence-electron chi connectivity index (χ2n) is 6.43. The fourth-order valence-electron chi connectivity index (χ4n) is 3.10. The number of hydrogen-bond acceptors (Lipinski definition) is 3. The van der Waals surface area contributed by atoms with Crippen LogP contribution in [0.1, 0.15) is 24.5 Å². The first kappa shape index (κ1) is 18.7. The highest BCUT2D eigenvalue weighted by molar-refractivity contribution is 5.96. The Bertz CT molecular complexity index is 817. The summed E-state index contributed by atoms with van der Waals surface area (Å²) in [5, 5.41) is 2.80. The van der Waals surface area contributed by atoms with Gasteiger partial charge in [0.05, 0.1) is 0 Å². The first-order chi connectivity index (χ1) is 13.2. The normalized spacial score (nSPS) is 17.0. The highest BCUT2D eigenvalue weighted by atomic mass is 16.5. The van der Waals surface area contributed by atoms with Gasteiger partial charge in [-0.1, -0.05) is 49.4 Å². The Morgan fingerprint density at radius 2 is 2.04 bits per heavy atom. The molecule has 0 aromatic heterocycles. The van der Waals surface area contributed by atoms with E-state index >= 15 is 0 Å². The second kappa shape index (κ2) is 9.03. The Balaban J connectivity index is 1.63. The van der Waals surface area contributed by atoms with Crippen molar-refractivity contribution in [2.45, 2.75) is 26.0 Å². The van der Waals surface area contributed by atoms with Crippen molar-refractivity contribution < 1.29 is 14.3 Å². The zero-order chi connectivity index (χ0) is 19.1. The van der Waals surface area contributed by atoms with E-state index in [1.54, 1.807) is 11.0 Å². The van der Waals surface area contributed by atoms with Gasteiger partial charge in [-0.05, 0) is 35.8 Å². The molecule has 1 aliphatic rings. The molecule has 5 nitrogen and oxygen atoms in total.